The van der Waals surface area contributed by atoms with Crippen LogP contribution in [0.5, 0.6) is 0 Å². The van der Waals surface area contributed by atoms with E-state index >= 15 is 0 Å². The lowest BCUT2D eigenvalue weighted by atomic mass is 9.61. The Balaban J connectivity index is 1.37. The number of carbonyl (C=O) groups is 1. The molecule has 3 heterocycles. The maximum absolute atomic E-state index is 14.2. The summed E-state index contributed by atoms with van der Waals surface area (Å²) in [5, 5.41) is 7.43. The highest BCUT2D eigenvalue weighted by Crippen LogP contribution is 2.51. The topological polar surface area (TPSA) is 125 Å². The molecule has 0 aliphatic heterocycles. The molecule has 0 radical (unpaired) electrons. The van der Waals surface area contributed by atoms with Crippen molar-refractivity contribution < 1.29 is 35.2 Å². The molecule has 1 saturated carbocycles. The van der Waals surface area contributed by atoms with Crippen molar-refractivity contribution in [3.05, 3.63) is 75.0 Å². The van der Waals surface area contributed by atoms with Crippen LogP contribution in [-0.2, 0) is 36.1 Å². The van der Waals surface area contributed by atoms with Crippen molar-refractivity contribution in [1.82, 2.24) is 34.3 Å². The van der Waals surface area contributed by atoms with E-state index in [1.165, 1.54) is 30.1 Å². The Bertz CT molecular complexity index is 1880. The van der Waals surface area contributed by atoms with Crippen LogP contribution < -0.4 is 4.72 Å². The Morgan fingerprint density at radius 1 is 1.20 bits per heavy atom. The standard InChI is InChI=1S/C27H24F5N7O3S2/c1-38-22(8-9-28)35-25(36-38)44(41,42)37-18-5-2-16-10-20-15(13-34-39(20)19-6-3-17(29)4-7-19)11-26(16,12-18)23(40)24-33-14-21(43-24)27(30,31)32/h3-4,6-7,10,13-14,18,37H,2,5,8-9,11-12H2,1H3/t18-,26-/m0/s1. The van der Waals surface area contributed by atoms with E-state index < -0.39 is 56.0 Å². The summed E-state index contributed by atoms with van der Waals surface area (Å²) in [6, 6.07) is 4.83. The summed E-state index contributed by atoms with van der Waals surface area (Å²) in [7, 11) is -2.86. The summed E-state index contributed by atoms with van der Waals surface area (Å²) in [5.74, 6) is -0.954. The van der Waals surface area contributed by atoms with E-state index in [2.05, 4.69) is 24.9 Å². The summed E-state index contributed by atoms with van der Waals surface area (Å²) in [6.07, 6.45) is -0.493. The Kier molecular flexibility index (Phi) is 7.52. The highest BCUT2D eigenvalue weighted by atomic mass is 32.2. The summed E-state index contributed by atoms with van der Waals surface area (Å²) in [4.78, 5) is 20.9. The normalized spacial score (nSPS) is 20.2. The molecule has 1 aromatic carbocycles. The number of ketones is 1. The first-order valence-corrected chi connectivity index (χ1v) is 15.7. The molecule has 2 aliphatic rings. The van der Waals surface area contributed by atoms with Crippen molar-refractivity contribution in [2.45, 2.75) is 49.5 Å². The number of hydrogen-bond donors (Lipinski definition) is 1. The highest BCUT2D eigenvalue weighted by Gasteiger charge is 2.51. The number of fused-ring (bicyclic) bond motifs is 2. The van der Waals surface area contributed by atoms with Crippen LogP contribution in [0.2, 0.25) is 0 Å². The van der Waals surface area contributed by atoms with Crippen LogP contribution in [0.1, 0.15) is 51.0 Å². The second kappa shape index (κ2) is 11.0. The molecule has 0 unspecified atom stereocenters. The Morgan fingerprint density at radius 2 is 1.95 bits per heavy atom. The number of aryl methyl sites for hydroxylation is 2. The van der Waals surface area contributed by atoms with Gasteiger partial charge < -0.3 is 0 Å². The number of allylic oxidation sites excluding steroid dienone is 1. The van der Waals surface area contributed by atoms with Gasteiger partial charge in [0.25, 0.3) is 15.2 Å². The van der Waals surface area contributed by atoms with Crippen LogP contribution in [-0.4, -0.2) is 56.4 Å². The molecular weight excluding hydrogens is 629 g/mol. The average Bonchev–Trinajstić information content (AvgIpc) is 3.71. The van der Waals surface area contributed by atoms with Crippen LogP contribution in [0, 0.1) is 11.2 Å². The Hall–Kier alpha value is -3.83. The summed E-state index contributed by atoms with van der Waals surface area (Å²) >= 11 is 0.236. The van der Waals surface area contributed by atoms with Crippen LogP contribution in [0.25, 0.3) is 11.8 Å². The number of hydrogen-bond acceptors (Lipinski definition) is 8. The van der Waals surface area contributed by atoms with Crippen LogP contribution in [0.15, 0.2) is 47.4 Å². The third-order valence-corrected chi connectivity index (χ3v) is 10.2. The van der Waals surface area contributed by atoms with Crippen molar-refractivity contribution >= 4 is 33.2 Å². The van der Waals surface area contributed by atoms with Crippen molar-refractivity contribution in [3.8, 4) is 5.69 Å². The van der Waals surface area contributed by atoms with Crippen LogP contribution in [0.3, 0.4) is 0 Å². The molecular formula is C27H24F5N7O3S2. The zero-order chi connectivity index (χ0) is 31.4. The van der Waals surface area contributed by atoms with E-state index in [0.717, 1.165) is 0 Å². The van der Waals surface area contributed by atoms with Crippen molar-refractivity contribution in [1.29, 1.82) is 0 Å². The van der Waals surface area contributed by atoms with E-state index in [1.807, 2.05) is 0 Å². The molecule has 2 atom stereocenters. The van der Waals surface area contributed by atoms with Gasteiger partial charge >= 0.3 is 6.18 Å². The van der Waals surface area contributed by atoms with Gasteiger partial charge in [-0.25, -0.2) is 32.2 Å². The number of rotatable bonds is 8. The van der Waals surface area contributed by atoms with Crippen molar-refractivity contribution in [2.24, 2.45) is 12.5 Å². The molecule has 0 bridgehead atoms. The molecule has 0 spiro atoms. The van der Waals surface area contributed by atoms with Crippen LogP contribution >= 0.6 is 11.3 Å². The first-order chi connectivity index (χ1) is 20.8. The maximum atomic E-state index is 14.2. The first-order valence-electron chi connectivity index (χ1n) is 13.4. The van der Waals surface area contributed by atoms with E-state index in [4.69, 9.17) is 0 Å². The van der Waals surface area contributed by atoms with Gasteiger partial charge in [-0.05, 0) is 61.6 Å². The monoisotopic (exact) mass is 653 g/mol. The Labute approximate surface area is 251 Å². The van der Waals surface area contributed by atoms with Gasteiger partial charge in [-0.3, -0.25) is 13.9 Å². The number of halogens is 5. The molecule has 232 valence electrons. The van der Waals surface area contributed by atoms with Gasteiger partial charge in [0.05, 0.1) is 35.9 Å². The number of benzene rings is 1. The quantitative estimate of drug-likeness (QED) is 0.220. The number of sulfonamides is 1. The second-order valence-electron chi connectivity index (χ2n) is 10.7. The second-order valence-corrected chi connectivity index (χ2v) is 13.3. The number of aromatic nitrogens is 6. The molecule has 17 heteroatoms. The molecule has 44 heavy (non-hydrogen) atoms. The minimum Gasteiger partial charge on any atom is -0.290 e. The van der Waals surface area contributed by atoms with Gasteiger partial charge in [-0.1, -0.05) is 5.57 Å². The zero-order valence-corrected chi connectivity index (χ0v) is 24.6. The third kappa shape index (κ3) is 5.36. The fraction of sp³-hybridized carbons (Fsp3) is 0.370. The van der Waals surface area contributed by atoms with Crippen LogP contribution in [0.4, 0.5) is 22.0 Å². The lowest BCUT2D eigenvalue weighted by Gasteiger charge is -2.43. The van der Waals surface area contributed by atoms with Crippen molar-refractivity contribution in [3.63, 3.8) is 0 Å². The number of thiazole rings is 1. The molecule has 1 fully saturated rings. The fourth-order valence-electron chi connectivity index (χ4n) is 5.79. The summed E-state index contributed by atoms with van der Waals surface area (Å²) < 4.78 is 98.5. The predicted molar refractivity (Wildman–Crippen MR) is 148 cm³/mol. The lowest BCUT2D eigenvalue weighted by molar-refractivity contribution is -0.134. The van der Waals surface area contributed by atoms with E-state index in [9.17, 15) is 35.2 Å². The number of alkyl halides is 4. The lowest BCUT2D eigenvalue weighted by Crippen LogP contribution is -2.49. The molecule has 10 nitrogen and oxygen atoms in total. The highest BCUT2D eigenvalue weighted by molar-refractivity contribution is 7.89. The van der Waals surface area contributed by atoms with Gasteiger partial charge in [-0.15, -0.1) is 16.4 Å². The average molecular weight is 654 g/mol. The zero-order valence-electron chi connectivity index (χ0n) is 23.0. The molecule has 6 rings (SSSR count). The van der Waals surface area contributed by atoms with E-state index in [1.54, 1.807) is 22.9 Å². The number of nitrogens with one attached hydrogen (secondary N) is 1. The van der Waals surface area contributed by atoms with Crippen molar-refractivity contribution in [2.75, 3.05) is 6.67 Å². The maximum Gasteiger partial charge on any atom is 0.427 e. The Morgan fingerprint density at radius 3 is 2.64 bits per heavy atom. The summed E-state index contributed by atoms with van der Waals surface area (Å²) in [5.41, 5.74) is 0.966. The molecule has 3 aromatic heterocycles. The minimum atomic E-state index is -4.69. The molecule has 4 aromatic rings. The molecule has 1 N–H and O–H groups in total. The van der Waals surface area contributed by atoms with E-state index in [0.29, 0.717) is 28.7 Å². The van der Waals surface area contributed by atoms with Gasteiger partial charge in [0.1, 0.15) is 16.5 Å². The first kappa shape index (κ1) is 30.2. The number of Topliss-reactive ketones (excluding diaryl/α,β-unsaturated/α-hetero) is 1. The van der Waals surface area contributed by atoms with Gasteiger partial charge in [0.2, 0.25) is 5.78 Å². The predicted octanol–water partition coefficient (Wildman–Crippen LogP) is 4.47. The molecule has 0 saturated heterocycles. The fourth-order valence-corrected chi connectivity index (χ4v) is 7.82. The van der Waals surface area contributed by atoms with Gasteiger partial charge in [0, 0.05) is 19.5 Å². The minimum absolute atomic E-state index is 0.0236. The smallest absolute Gasteiger partial charge is 0.290 e. The molecule has 0 amide bonds. The van der Waals surface area contributed by atoms with E-state index in [-0.39, 0.29) is 54.3 Å². The number of carbonyl (C=O) groups excluding carboxylic acids is 1. The largest absolute Gasteiger partial charge is 0.427 e. The molecule has 2 aliphatic carbocycles. The van der Waals surface area contributed by atoms with Gasteiger partial charge in [0.15, 0.2) is 5.01 Å². The third-order valence-electron chi connectivity index (χ3n) is 7.86. The number of nitrogens with zero attached hydrogens (tertiary/aromatic N) is 6. The van der Waals surface area contributed by atoms with Gasteiger partial charge in [-0.2, -0.15) is 18.3 Å². The SMILES string of the molecule is Cn1nc(S(=O)(=O)N[C@H]2CCC3=Cc4c(cnn4-c4ccc(F)cc4)C[C@]3(C(=O)c3ncc(C(F)(F)F)s3)C2)nc1CCF. The summed E-state index contributed by atoms with van der Waals surface area (Å²) in [6.45, 7) is -0.756.